The lowest BCUT2D eigenvalue weighted by Gasteiger charge is -2.06. The predicted octanol–water partition coefficient (Wildman–Crippen LogP) is 1.63. The van der Waals surface area contributed by atoms with E-state index in [0.717, 1.165) is 12.8 Å². The topological polar surface area (TPSA) is 95.5 Å². The van der Waals surface area contributed by atoms with Crippen LogP contribution < -0.4 is 10.6 Å². The van der Waals surface area contributed by atoms with Crippen LogP contribution in [0.2, 0.25) is 0 Å². The molecule has 0 saturated heterocycles. The average Bonchev–Trinajstić information content (AvgIpc) is 3.28. The summed E-state index contributed by atoms with van der Waals surface area (Å²) < 4.78 is 0. The minimum atomic E-state index is -1.00. The van der Waals surface area contributed by atoms with Gasteiger partial charge in [0.15, 0.2) is 0 Å². The number of anilines is 1. The number of benzene rings is 1. The minimum absolute atomic E-state index is 0.0830. The fourth-order valence-electron chi connectivity index (χ4n) is 1.87. The maximum atomic E-state index is 11.7. The van der Waals surface area contributed by atoms with Gasteiger partial charge in [-0.05, 0) is 43.5 Å². The van der Waals surface area contributed by atoms with Crippen LogP contribution >= 0.6 is 0 Å². The Labute approximate surface area is 122 Å². The highest BCUT2D eigenvalue weighted by molar-refractivity contribution is 5.92. The van der Waals surface area contributed by atoms with Crippen molar-refractivity contribution in [1.29, 1.82) is 0 Å². The summed E-state index contributed by atoms with van der Waals surface area (Å²) in [4.78, 5) is 33.7. The van der Waals surface area contributed by atoms with Crippen molar-refractivity contribution in [1.82, 2.24) is 5.32 Å². The Hall–Kier alpha value is -2.37. The van der Waals surface area contributed by atoms with Gasteiger partial charge in [-0.1, -0.05) is 0 Å². The van der Waals surface area contributed by atoms with E-state index in [1.807, 2.05) is 0 Å². The fraction of sp³-hybridized carbons (Fsp3) is 0.400. The van der Waals surface area contributed by atoms with E-state index in [1.165, 1.54) is 12.1 Å². The molecule has 0 atom stereocenters. The third-order valence-electron chi connectivity index (χ3n) is 3.24. The number of amides is 2. The predicted molar refractivity (Wildman–Crippen MR) is 77.0 cm³/mol. The number of nitrogens with one attached hydrogen (secondary N) is 2. The molecule has 6 nitrogen and oxygen atoms in total. The summed E-state index contributed by atoms with van der Waals surface area (Å²) in [6.45, 7) is 0.501. The van der Waals surface area contributed by atoms with Crippen molar-refractivity contribution in [2.45, 2.75) is 25.7 Å². The van der Waals surface area contributed by atoms with E-state index in [-0.39, 0.29) is 23.3 Å². The molecular formula is C15H18N2O4. The van der Waals surface area contributed by atoms with Crippen molar-refractivity contribution >= 4 is 23.5 Å². The van der Waals surface area contributed by atoms with Gasteiger partial charge in [-0.3, -0.25) is 9.59 Å². The Bertz CT molecular complexity index is 535. The van der Waals surface area contributed by atoms with Gasteiger partial charge >= 0.3 is 5.97 Å². The normalized spacial score (nSPS) is 13.5. The molecule has 0 aromatic heterocycles. The van der Waals surface area contributed by atoms with Crippen LogP contribution in [-0.2, 0) is 9.59 Å². The number of rotatable bonds is 7. The zero-order valence-corrected chi connectivity index (χ0v) is 11.6. The largest absolute Gasteiger partial charge is 0.478 e. The number of aromatic carboxylic acids is 1. The summed E-state index contributed by atoms with van der Waals surface area (Å²) in [7, 11) is 0. The zero-order valence-electron chi connectivity index (χ0n) is 11.6. The van der Waals surface area contributed by atoms with Crippen LogP contribution in [0.15, 0.2) is 24.3 Å². The van der Waals surface area contributed by atoms with Crippen molar-refractivity contribution in [3.05, 3.63) is 29.8 Å². The lowest BCUT2D eigenvalue weighted by atomic mass is 10.2. The van der Waals surface area contributed by atoms with E-state index in [2.05, 4.69) is 10.6 Å². The summed E-state index contributed by atoms with van der Waals surface area (Å²) in [6, 6.07) is 5.98. The van der Waals surface area contributed by atoms with E-state index in [1.54, 1.807) is 12.1 Å². The van der Waals surface area contributed by atoms with E-state index in [4.69, 9.17) is 5.11 Å². The molecule has 1 aromatic carbocycles. The quantitative estimate of drug-likeness (QED) is 0.665. The van der Waals surface area contributed by atoms with Crippen LogP contribution in [0.25, 0.3) is 0 Å². The molecule has 0 heterocycles. The SMILES string of the molecule is O=C(CCCNC(=O)C1CC1)Nc1ccc(C(=O)O)cc1. The van der Waals surface area contributed by atoms with Gasteiger partial charge in [0.25, 0.3) is 0 Å². The summed E-state index contributed by atoms with van der Waals surface area (Å²) >= 11 is 0. The smallest absolute Gasteiger partial charge is 0.335 e. The fourth-order valence-corrected chi connectivity index (χ4v) is 1.87. The molecule has 1 aliphatic carbocycles. The molecule has 2 amide bonds. The Balaban J connectivity index is 1.66. The van der Waals surface area contributed by atoms with Gasteiger partial charge in [-0.2, -0.15) is 0 Å². The molecule has 1 saturated carbocycles. The number of carboxylic acid groups (broad SMARTS) is 1. The van der Waals surface area contributed by atoms with Gasteiger partial charge < -0.3 is 15.7 Å². The van der Waals surface area contributed by atoms with Crippen molar-refractivity contribution in [2.75, 3.05) is 11.9 Å². The van der Waals surface area contributed by atoms with Crippen molar-refractivity contribution < 1.29 is 19.5 Å². The molecule has 3 N–H and O–H groups in total. The van der Waals surface area contributed by atoms with Gasteiger partial charge in [0, 0.05) is 24.6 Å². The minimum Gasteiger partial charge on any atom is -0.478 e. The number of carboxylic acids is 1. The van der Waals surface area contributed by atoms with E-state index in [9.17, 15) is 14.4 Å². The van der Waals surface area contributed by atoms with Crippen LogP contribution in [0.3, 0.4) is 0 Å². The van der Waals surface area contributed by atoms with Gasteiger partial charge in [0.2, 0.25) is 11.8 Å². The summed E-state index contributed by atoms with van der Waals surface area (Å²) in [5, 5.41) is 14.3. The van der Waals surface area contributed by atoms with E-state index >= 15 is 0 Å². The van der Waals surface area contributed by atoms with Gasteiger partial charge in [-0.15, -0.1) is 0 Å². The van der Waals surface area contributed by atoms with Crippen LogP contribution in [0.1, 0.15) is 36.0 Å². The van der Waals surface area contributed by atoms with Crippen molar-refractivity contribution in [3.63, 3.8) is 0 Å². The first kappa shape index (κ1) is 15.0. The molecule has 0 radical (unpaired) electrons. The molecule has 6 heteroatoms. The van der Waals surface area contributed by atoms with Gasteiger partial charge in [0.1, 0.15) is 0 Å². The number of carbonyl (C=O) groups is 3. The second kappa shape index (κ2) is 6.88. The summed E-state index contributed by atoms with van der Waals surface area (Å²) in [5.74, 6) is -0.885. The molecule has 2 rings (SSSR count). The highest BCUT2D eigenvalue weighted by Gasteiger charge is 2.28. The maximum Gasteiger partial charge on any atom is 0.335 e. The standard InChI is InChI=1S/C15H18N2O4/c18-13(2-1-9-16-14(19)10-3-4-10)17-12-7-5-11(6-8-12)15(20)21/h5-8,10H,1-4,9H2,(H,16,19)(H,17,18)(H,20,21). The van der Waals surface area contributed by atoms with E-state index in [0.29, 0.717) is 25.1 Å². The van der Waals surface area contributed by atoms with E-state index < -0.39 is 5.97 Å². The van der Waals surface area contributed by atoms with Crippen molar-refractivity contribution in [2.24, 2.45) is 5.92 Å². The Kier molecular flexibility index (Phi) is 4.92. The molecule has 1 aromatic rings. The first-order valence-electron chi connectivity index (χ1n) is 6.97. The molecule has 1 fully saturated rings. The third kappa shape index (κ3) is 4.91. The summed E-state index contributed by atoms with van der Waals surface area (Å²) in [6.07, 6.45) is 2.83. The Morgan fingerprint density at radius 3 is 2.38 bits per heavy atom. The third-order valence-corrected chi connectivity index (χ3v) is 3.24. The Morgan fingerprint density at radius 2 is 1.81 bits per heavy atom. The molecule has 21 heavy (non-hydrogen) atoms. The van der Waals surface area contributed by atoms with Gasteiger partial charge in [0.05, 0.1) is 5.56 Å². The first-order chi connectivity index (χ1) is 10.1. The average molecular weight is 290 g/mol. The van der Waals surface area contributed by atoms with Crippen LogP contribution in [0, 0.1) is 5.92 Å². The lowest BCUT2D eigenvalue weighted by Crippen LogP contribution is -2.26. The van der Waals surface area contributed by atoms with Crippen molar-refractivity contribution in [3.8, 4) is 0 Å². The number of carbonyl (C=O) groups excluding carboxylic acids is 2. The van der Waals surface area contributed by atoms with Crippen LogP contribution in [0.5, 0.6) is 0 Å². The highest BCUT2D eigenvalue weighted by atomic mass is 16.4. The first-order valence-corrected chi connectivity index (χ1v) is 6.97. The van der Waals surface area contributed by atoms with Crippen LogP contribution in [-0.4, -0.2) is 29.4 Å². The monoisotopic (exact) mass is 290 g/mol. The highest BCUT2D eigenvalue weighted by Crippen LogP contribution is 2.28. The summed E-state index contributed by atoms with van der Waals surface area (Å²) in [5.41, 5.74) is 0.739. The molecule has 0 aliphatic heterocycles. The number of hydrogen-bond acceptors (Lipinski definition) is 3. The second-order valence-electron chi connectivity index (χ2n) is 5.10. The molecule has 112 valence electrons. The second-order valence-corrected chi connectivity index (χ2v) is 5.10. The molecule has 0 spiro atoms. The Morgan fingerprint density at radius 1 is 1.14 bits per heavy atom. The maximum absolute atomic E-state index is 11.7. The molecule has 0 bridgehead atoms. The number of hydrogen-bond donors (Lipinski definition) is 3. The van der Waals surface area contributed by atoms with Gasteiger partial charge in [-0.25, -0.2) is 4.79 Å². The molecular weight excluding hydrogens is 272 g/mol. The van der Waals surface area contributed by atoms with Crippen LogP contribution in [0.4, 0.5) is 5.69 Å². The lowest BCUT2D eigenvalue weighted by molar-refractivity contribution is -0.122. The zero-order chi connectivity index (χ0) is 15.2. The molecule has 1 aliphatic rings. The molecule has 0 unspecified atom stereocenters.